The van der Waals surface area contributed by atoms with E-state index in [2.05, 4.69) is 25.5 Å². The van der Waals surface area contributed by atoms with Gasteiger partial charge in [0.25, 0.3) is 0 Å². The second-order valence-electron chi connectivity index (χ2n) is 7.02. The van der Waals surface area contributed by atoms with Crippen LogP contribution >= 0.6 is 0 Å². The molecular formula is C20H21N7O. The molecule has 1 unspecified atom stereocenters. The number of hydrogen-bond donors (Lipinski definition) is 1. The lowest BCUT2D eigenvalue weighted by Gasteiger charge is -2.21. The van der Waals surface area contributed by atoms with Crippen LogP contribution in [0.3, 0.4) is 0 Å². The monoisotopic (exact) mass is 375 g/mol. The highest BCUT2D eigenvalue weighted by molar-refractivity contribution is 5.64. The van der Waals surface area contributed by atoms with E-state index in [9.17, 15) is 0 Å². The first kappa shape index (κ1) is 16.7. The molecule has 1 aliphatic rings. The molecule has 1 aromatic carbocycles. The summed E-state index contributed by atoms with van der Waals surface area (Å²) in [7, 11) is 3.65. The van der Waals surface area contributed by atoms with Gasteiger partial charge in [0.2, 0.25) is 5.65 Å². The topological polar surface area (TPSA) is 82.2 Å². The SMILES string of the molecule is COc1ccccc1C(Nc1nccn2c(C3CC3)nnc12)c1nccn1C. The molecule has 4 aromatic rings. The summed E-state index contributed by atoms with van der Waals surface area (Å²) in [5.41, 5.74) is 1.70. The van der Waals surface area contributed by atoms with Gasteiger partial charge in [0.05, 0.1) is 7.11 Å². The maximum absolute atomic E-state index is 5.60. The minimum Gasteiger partial charge on any atom is -0.496 e. The molecule has 0 bridgehead atoms. The van der Waals surface area contributed by atoms with Gasteiger partial charge in [-0.05, 0) is 18.9 Å². The van der Waals surface area contributed by atoms with Crippen LogP contribution in [0.5, 0.6) is 5.75 Å². The van der Waals surface area contributed by atoms with E-state index in [-0.39, 0.29) is 6.04 Å². The Bertz CT molecular complexity index is 1130. The van der Waals surface area contributed by atoms with Gasteiger partial charge >= 0.3 is 0 Å². The highest BCUT2D eigenvalue weighted by Gasteiger charge is 2.30. The van der Waals surface area contributed by atoms with E-state index in [1.807, 2.05) is 52.7 Å². The number of imidazole rings is 1. The molecule has 1 aliphatic carbocycles. The van der Waals surface area contributed by atoms with Gasteiger partial charge in [0.1, 0.15) is 23.4 Å². The lowest BCUT2D eigenvalue weighted by Crippen LogP contribution is -2.19. The molecule has 0 radical (unpaired) electrons. The van der Waals surface area contributed by atoms with Crippen LogP contribution in [0.25, 0.3) is 5.65 Å². The summed E-state index contributed by atoms with van der Waals surface area (Å²) in [5.74, 6) is 3.82. The molecule has 1 N–H and O–H groups in total. The number of methoxy groups -OCH3 is 1. The van der Waals surface area contributed by atoms with Gasteiger partial charge in [-0.25, -0.2) is 9.97 Å². The van der Waals surface area contributed by atoms with E-state index >= 15 is 0 Å². The highest BCUT2D eigenvalue weighted by Crippen LogP contribution is 2.39. The van der Waals surface area contributed by atoms with Crippen molar-refractivity contribution in [3.05, 3.63) is 66.3 Å². The lowest BCUT2D eigenvalue weighted by atomic mass is 10.0. The Labute approximate surface area is 162 Å². The average molecular weight is 375 g/mol. The molecule has 28 heavy (non-hydrogen) atoms. The zero-order valence-electron chi connectivity index (χ0n) is 15.8. The molecule has 0 aliphatic heterocycles. The van der Waals surface area contributed by atoms with Crippen LogP contribution in [0.15, 0.2) is 49.1 Å². The number of fused-ring (bicyclic) bond motifs is 1. The molecule has 3 heterocycles. The predicted octanol–water partition coefficient (Wildman–Crippen LogP) is 2.95. The van der Waals surface area contributed by atoms with E-state index in [1.165, 1.54) is 12.8 Å². The lowest BCUT2D eigenvalue weighted by molar-refractivity contribution is 0.408. The fourth-order valence-corrected chi connectivity index (χ4v) is 3.54. The molecule has 8 nitrogen and oxygen atoms in total. The molecule has 0 amide bonds. The third kappa shape index (κ3) is 2.77. The van der Waals surface area contributed by atoms with Gasteiger partial charge < -0.3 is 14.6 Å². The molecule has 5 rings (SSSR count). The molecule has 8 heteroatoms. The van der Waals surface area contributed by atoms with Crippen molar-refractivity contribution in [3.8, 4) is 5.75 Å². The predicted molar refractivity (Wildman–Crippen MR) is 104 cm³/mol. The Morgan fingerprint density at radius 3 is 2.68 bits per heavy atom. The number of nitrogens with one attached hydrogen (secondary N) is 1. The summed E-state index contributed by atoms with van der Waals surface area (Å²) in [6, 6.07) is 7.67. The summed E-state index contributed by atoms with van der Waals surface area (Å²) in [5, 5.41) is 12.3. The molecule has 142 valence electrons. The van der Waals surface area contributed by atoms with Gasteiger partial charge in [-0.2, -0.15) is 0 Å². The molecule has 0 saturated heterocycles. The number of ether oxygens (including phenoxy) is 1. The van der Waals surface area contributed by atoms with E-state index in [0.29, 0.717) is 11.7 Å². The second-order valence-corrected chi connectivity index (χ2v) is 7.02. The van der Waals surface area contributed by atoms with Gasteiger partial charge in [-0.3, -0.25) is 4.40 Å². The van der Waals surface area contributed by atoms with Crippen LogP contribution in [0.4, 0.5) is 5.82 Å². The zero-order valence-corrected chi connectivity index (χ0v) is 15.8. The summed E-state index contributed by atoms with van der Waals surface area (Å²) in [6.07, 6.45) is 9.76. The number of aromatic nitrogens is 6. The minimum absolute atomic E-state index is 0.254. The smallest absolute Gasteiger partial charge is 0.203 e. The van der Waals surface area contributed by atoms with Crippen molar-refractivity contribution in [2.24, 2.45) is 7.05 Å². The van der Waals surface area contributed by atoms with Gasteiger partial charge in [0, 0.05) is 43.3 Å². The molecule has 1 saturated carbocycles. The number of nitrogens with zero attached hydrogens (tertiary/aromatic N) is 6. The van der Waals surface area contributed by atoms with Crippen molar-refractivity contribution in [1.29, 1.82) is 0 Å². The minimum atomic E-state index is -0.254. The zero-order chi connectivity index (χ0) is 19.1. The van der Waals surface area contributed by atoms with Gasteiger partial charge in [-0.15, -0.1) is 10.2 Å². The first-order valence-electron chi connectivity index (χ1n) is 9.32. The number of para-hydroxylation sites is 1. The van der Waals surface area contributed by atoms with E-state index in [0.717, 1.165) is 28.6 Å². The summed E-state index contributed by atoms with van der Waals surface area (Å²) >= 11 is 0. The Morgan fingerprint density at radius 1 is 1.11 bits per heavy atom. The molecular weight excluding hydrogens is 354 g/mol. The summed E-state index contributed by atoms with van der Waals surface area (Å²) in [6.45, 7) is 0. The van der Waals surface area contributed by atoms with Gasteiger partial charge in [-0.1, -0.05) is 18.2 Å². The van der Waals surface area contributed by atoms with Crippen molar-refractivity contribution in [1.82, 2.24) is 29.1 Å². The quantitative estimate of drug-likeness (QED) is 0.558. The van der Waals surface area contributed by atoms with Crippen molar-refractivity contribution in [2.75, 3.05) is 12.4 Å². The number of rotatable bonds is 6. The molecule has 0 spiro atoms. The van der Waals surface area contributed by atoms with Crippen LogP contribution in [-0.2, 0) is 7.05 Å². The van der Waals surface area contributed by atoms with E-state index in [4.69, 9.17) is 4.74 Å². The highest BCUT2D eigenvalue weighted by atomic mass is 16.5. The largest absolute Gasteiger partial charge is 0.496 e. The van der Waals surface area contributed by atoms with Crippen molar-refractivity contribution in [2.45, 2.75) is 24.8 Å². The van der Waals surface area contributed by atoms with E-state index in [1.54, 1.807) is 19.5 Å². The molecule has 3 aromatic heterocycles. The first-order chi connectivity index (χ1) is 13.8. The molecule has 1 atom stereocenters. The van der Waals surface area contributed by atoms with Gasteiger partial charge in [0.15, 0.2) is 5.82 Å². The van der Waals surface area contributed by atoms with Crippen molar-refractivity contribution in [3.63, 3.8) is 0 Å². The molecule has 1 fully saturated rings. The van der Waals surface area contributed by atoms with Crippen LogP contribution in [0, 0.1) is 0 Å². The standard InChI is InChI=1S/C20H21N7O/c1-26-11-9-22-19(26)16(14-5-3-4-6-15(14)28-2)23-17-20-25-24-18(13-7-8-13)27(20)12-10-21-17/h3-6,9-13,16H,7-8H2,1-2H3,(H,21,23). The summed E-state index contributed by atoms with van der Waals surface area (Å²) in [4.78, 5) is 9.11. The Kier molecular flexibility index (Phi) is 3.96. The van der Waals surface area contributed by atoms with Crippen LogP contribution in [0.2, 0.25) is 0 Å². The number of aryl methyl sites for hydroxylation is 1. The number of anilines is 1. The number of hydrogen-bond acceptors (Lipinski definition) is 6. The number of benzene rings is 1. The van der Waals surface area contributed by atoms with Crippen molar-refractivity contribution >= 4 is 11.5 Å². The van der Waals surface area contributed by atoms with E-state index < -0.39 is 0 Å². The van der Waals surface area contributed by atoms with Crippen molar-refractivity contribution < 1.29 is 4.74 Å². The fourth-order valence-electron chi connectivity index (χ4n) is 3.54. The first-order valence-corrected chi connectivity index (χ1v) is 9.32. The summed E-state index contributed by atoms with van der Waals surface area (Å²) < 4.78 is 9.62. The third-order valence-corrected chi connectivity index (χ3v) is 5.14. The van der Waals surface area contributed by atoms with Crippen LogP contribution in [-0.4, -0.2) is 36.2 Å². The fraction of sp³-hybridized carbons (Fsp3) is 0.300. The maximum atomic E-state index is 5.60. The average Bonchev–Trinajstić information content (AvgIpc) is 3.33. The third-order valence-electron chi connectivity index (χ3n) is 5.14. The Balaban J connectivity index is 1.61. The second kappa shape index (κ2) is 6.63. The Hall–Kier alpha value is -3.42. The Morgan fingerprint density at radius 2 is 1.93 bits per heavy atom. The van der Waals surface area contributed by atoms with Crippen LogP contribution in [0.1, 0.15) is 42.0 Å². The normalized spacial score (nSPS) is 14.9. The van der Waals surface area contributed by atoms with Crippen LogP contribution < -0.4 is 10.1 Å². The maximum Gasteiger partial charge on any atom is 0.203 e.